The fourth-order valence-corrected chi connectivity index (χ4v) is 1.81. The van der Waals surface area contributed by atoms with Crippen LogP contribution in [0.15, 0.2) is 0 Å². The van der Waals surface area contributed by atoms with Crippen molar-refractivity contribution in [3.63, 3.8) is 0 Å². The van der Waals surface area contributed by atoms with Crippen LogP contribution >= 0.6 is 0 Å². The Hall–Kier alpha value is -0.0400. The second-order valence-electron chi connectivity index (χ2n) is 4.49. The third-order valence-corrected chi connectivity index (χ3v) is 2.69. The predicted octanol–water partition coefficient (Wildman–Crippen LogP) is 2.42. The van der Waals surface area contributed by atoms with Gasteiger partial charge < -0.3 is 5.32 Å². The topological polar surface area (TPSA) is 12.0 Å². The first-order chi connectivity index (χ1) is 5.09. The maximum absolute atomic E-state index is 3.56. The molecule has 0 heterocycles. The summed E-state index contributed by atoms with van der Waals surface area (Å²) in [6, 6.07) is 1.48. The fourth-order valence-electron chi connectivity index (χ4n) is 1.81. The highest BCUT2D eigenvalue weighted by Crippen LogP contribution is 2.33. The second kappa shape index (κ2) is 3.57. The van der Waals surface area contributed by atoms with Crippen LogP contribution in [0.2, 0.25) is 0 Å². The summed E-state index contributed by atoms with van der Waals surface area (Å²) in [4.78, 5) is 0. The maximum Gasteiger partial charge on any atom is 0.00749 e. The molecule has 1 nitrogen and oxygen atoms in total. The van der Waals surface area contributed by atoms with Gasteiger partial charge in [-0.1, -0.05) is 27.7 Å². The Bertz CT molecular complexity index is 112. The molecule has 1 N–H and O–H groups in total. The highest BCUT2D eigenvalue weighted by molar-refractivity contribution is 4.87. The van der Waals surface area contributed by atoms with E-state index < -0.39 is 0 Å². The van der Waals surface area contributed by atoms with Crippen LogP contribution in [-0.4, -0.2) is 12.1 Å². The summed E-state index contributed by atoms with van der Waals surface area (Å²) in [5.74, 6) is 1.88. The van der Waals surface area contributed by atoms with Crippen LogP contribution in [0.25, 0.3) is 0 Å². The van der Waals surface area contributed by atoms with Crippen LogP contribution in [0.1, 0.15) is 40.5 Å². The molecule has 1 aliphatic rings. The smallest absolute Gasteiger partial charge is 0.00749 e. The molecule has 1 aliphatic carbocycles. The van der Waals surface area contributed by atoms with Crippen molar-refractivity contribution in [2.75, 3.05) is 0 Å². The van der Waals surface area contributed by atoms with E-state index in [4.69, 9.17) is 0 Å². The fraction of sp³-hybridized carbons (Fsp3) is 1.00. The highest BCUT2D eigenvalue weighted by atomic mass is 15.0. The normalized spacial score (nSPS) is 31.1. The van der Waals surface area contributed by atoms with Crippen LogP contribution in [0.4, 0.5) is 0 Å². The monoisotopic (exact) mass is 155 g/mol. The number of hydrogen-bond donors (Lipinski definition) is 1. The molecule has 1 fully saturated rings. The van der Waals surface area contributed by atoms with Gasteiger partial charge in [-0.05, 0) is 24.7 Å². The molecule has 0 amide bonds. The van der Waals surface area contributed by atoms with E-state index in [9.17, 15) is 0 Å². The molecular formula is C10H21N. The van der Waals surface area contributed by atoms with Crippen molar-refractivity contribution in [2.24, 2.45) is 11.8 Å². The van der Waals surface area contributed by atoms with Crippen LogP contribution in [0.5, 0.6) is 0 Å². The Morgan fingerprint density at radius 3 is 2.00 bits per heavy atom. The summed E-state index contributed by atoms with van der Waals surface area (Å²) in [5, 5.41) is 3.56. The molecule has 1 heteroatoms. The van der Waals surface area contributed by atoms with Crippen molar-refractivity contribution in [3.05, 3.63) is 0 Å². The largest absolute Gasteiger partial charge is 0.312 e. The molecule has 1 saturated carbocycles. The van der Waals surface area contributed by atoms with Gasteiger partial charge in [0, 0.05) is 12.1 Å². The molecule has 0 radical (unpaired) electrons. The summed E-state index contributed by atoms with van der Waals surface area (Å²) in [6.45, 7) is 9.11. The minimum atomic E-state index is 0.660. The van der Waals surface area contributed by atoms with Gasteiger partial charge in [0.1, 0.15) is 0 Å². The Morgan fingerprint density at radius 2 is 1.64 bits per heavy atom. The second-order valence-corrected chi connectivity index (χ2v) is 4.49. The molecule has 0 aromatic heterocycles. The first-order valence-electron chi connectivity index (χ1n) is 4.85. The van der Waals surface area contributed by atoms with E-state index in [-0.39, 0.29) is 0 Å². The summed E-state index contributed by atoms with van der Waals surface area (Å²) in [6.07, 6.45) is 2.80. The van der Waals surface area contributed by atoms with Gasteiger partial charge in [0.05, 0.1) is 0 Å². The quantitative estimate of drug-likeness (QED) is 0.660. The summed E-state index contributed by atoms with van der Waals surface area (Å²) >= 11 is 0. The molecule has 0 atom stereocenters. The molecule has 0 unspecified atom stereocenters. The van der Waals surface area contributed by atoms with Crippen LogP contribution in [0.3, 0.4) is 0 Å². The lowest BCUT2D eigenvalue weighted by atomic mass is 9.73. The van der Waals surface area contributed by atoms with Crippen molar-refractivity contribution in [3.8, 4) is 0 Å². The van der Waals surface area contributed by atoms with E-state index in [2.05, 4.69) is 33.0 Å². The Labute approximate surface area is 70.6 Å². The van der Waals surface area contributed by atoms with E-state index in [1.807, 2.05) is 0 Å². The van der Waals surface area contributed by atoms with Crippen LogP contribution in [0, 0.1) is 11.8 Å². The van der Waals surface area contributed by atoms with Gasteiger partial charge in [-0.2, -0.15) is 0 Å². The molecule has 0 bridgehead atoms. The van der Waals surface area contributed by atoms with Gasteiger partial charge in [-0.25, -0.2) is 0 Å². The van der Waals surface area contributed by atoms with Crippen molar-refractivity contribution in [1.29, 1.82) is 0 Å². The number of hydrogen-bond acceptors (Lipinski definition) is 1. The van der Waals surface area contributed by atoms with Crippen LogP contribution in [-0.2, 0) is 0 Å². The Morgan fingerprint density at radius 1 is 1.09 bits per heavy atom. The van der Waals surface area contributed by atoms with E-state index in [1.165, 1.54) is 12.8 Å². The summed E-state index contributed by atoms with van der Waals surface area (Å²) in [7, 11) is 0. The number of nitrogens with one attached hydrogen (secondary N) is 1. The molecular weight excluding hydrogens is 134 g/mol. The molecule has 1 rings (SSSR count). The standard InChI is InChI=1S/C10H21N/c1-7(2)9-5-10(6-9)11-8(3)4/h7-11H,5-6H2,1-4H3/t9-,10-. The SMILES string of the molecule is CC(C)N[C@H]1C[C@H](C(C)C)C1. The molecule has 0 spiro atoms. The predicted molar refractivity (Wildman–Crippen MR) is 49.6 cm³/mol. The molecule has 66 valence electrons. The minimum Gasteiger partial charge on any atom is -0.312 e. The lowest BCUT2D eigenvalue weighted by molar-refractivity contribution is 0.161. The van der Waals surface area contributed by atoms with Crippen molar-refractivity contribution >= 4 is 0 Å². The van der Waals surface area contributed by atoms with Crippen molar-refractivity contribution in [2.45, 2.75) is 52.6 Å². The zero-order chi connectivity index (χ0) is 8.43. The van der Waals surface area contributed by atoms with E-state index in [0.717, 1.165) is 17.9 Å². The van der Waals surface area contributed by atoms with E-state index in [1.54, 1.807) is 0 Å². The van der Waals surface area contributed by atoms with Gasteiger partial charge in [0.25, 0.3) is 0 Å². The van der Waals surface area contributed by atoms with Gasteiger partial charge in [-0.15, -0.1) is 0 Å². The molecule has 11 heavy (non-hydrogen) atoms. The third-order valence-electron chi connectivity index (χ3n) is 2.69. The first kappa shape index (κ1) is 9.05. The molecule has 0 aromatic carbocycles. The third kappa shape index (κ3) is 2.48. The summed E-state index contributed by atoms with van der Waals surface area (Å²) in [5.41, 5.74) is 0. The zero-order valence-electron chi connectivity index (χ0n) is 8.22. The maximum atomic E-state index is 3.56. The van der Waals surface area contributed by atoms with E-state index >= 15 is 0 Å². The first-order valence-corrected chi connectivity index (χ1v) is 4.85. The average molecular weight is 155 g/mol. The summed E-state index contributed by atoms with van der Waals surface area (Å²) < 4.78 is 0. The van der Waals surface area contributed by atoms with Crippen molar-refractivity contribution in [1.82, 2.24) is 5.32 Å². The minimum absolute atomic E-state index is 0.660. The van der Waals surface area contributed by atoms with Crippen molar-refractivity contribution < 1.29 is 0 Å². The number of rotatable bonds is 3. The average Bonchev–Trinajstić information content (AvgIpc) is 1.75. The molecule has 0 aliphatic heterocycles. The molecule has 0 saturated heterocycles. The Kier molecular flexibility index (Phi) is 2.94. The lowest BCUT2D eigenvalue weighted by Crippen LogP contribution is -2.45. The Balaban J connectivity index is 2.09. The highest BCUT2D eigenvalue weighted by Gasteiger charge is 2.30. The zero-order valence-corrected chi connectivity index (χ0v) is 8.22. The lowest BCUT2D eigenvalue weighted by Gasteiger charge is -2.39. The van der Waals surface area contributed by atoms with Gasteiger partial charge in [-0.3, -0.25) is 0 Å². The van der Waals surface area contributed by atoms with Gasteiger partial charge >= 0.3 is 0 Å². The van der Waals surface area contributed by atoms with Crippen LogP contribution < -0.4 is 5.32 Å². The van der Waals surface area contributed by atoms with Gasteiger partial charge in [0.2, 0.25) is 0 Å². The van der Waals surface area contributed by atoms with Gasteiger partial charge in [0.15, 0.2) is 0 Å². The molecule has 0 aromatic rings. The van der Waals surface area contributed by atoms with E-state index in [0.29, 0.717) is 6.04 Å².